The Morgan fingerprint density at radius 1 is 1.40 bits per heavy atom. The molecular weight excluding hydrogens is 260 g/mol. The van der Waals surface area contributed by atoms with Gasteiger partial charge in [-0.15, -0.1) is 0 Å². The topological polar surface area (TPSA) is 91.6 Å². The molecule has 1 amide bonds. The molecule has 1 atom stereocenters. The van der Waals surface area contributed by atoms with Crippen LogP contribution >= 0.6 is 0 Å². The van der Waals surface area contributed by atoms with Crippen LogP contribution < -0.4 is 10.6 Å². The Kier molecular flexibility index (Phi) is 3.25. The SMILES string of the molecule is O=C(O)c1ccc(CNC(=O)C2CC23CCNCC3)o1. The number of piperidine rings is 1. The Balaban J connectivity index is 1.51. The third kappa shape index (κ3) is 2.43. The summed E-state index contributed by atoms with van der Waals surface area (Å²) in [5, 5.41) is 14.9. The minimum Gasteiger partial charge on any atom is -0.475 e. The number of furan rings is 1. The Bertz CT molecular complexity index is 531. The summed E-state index contributed by atoms with van der Waals surface area (Å²) in [5.41, 5.74) is 0.213. The van der Waals surface area contributed by atoms with Gasteiger partial charge in [0.05, 0.1) is 6.54 Å². The van der Waals surface area contributed by atoms with Crippen LogP contribution in [-0.2, 0) is 11.3 Å². The van der Waals surface area contributed by atoms with Crippen LogP contribution in [0.2, 0.25) is 0 Å². The van der Waals surface area contributed by atoms with Crippen molar-refractivity contribution in [3.05, 3.63) is 23.7 Å². The molecule has 108 valence electrons. The van der Waals surface area contributed by atoms with Gasteiger partial charge in [-0.25, -0.2) is 4.79 Å². The summed E-state index contributed by atoms with van der Waals surface area (Å²) >= 11 is 0. The number of hydrogen-bond donors (Lipinski definition) is 3. The van der Waals surface area contributed by atoms with E-state index >= 15 is 0 Å². The van der Waals surface area contributed by atoms with Crippen molar-refractivity contribution in [3.63, 3.8) is 0 Å². The average molecular weight is 278 g/mol. The minimum atomic E-state index is -1.10. The number of amides is 1. The highest BCUT2D eigenvalue weighted by Gasteiger charge is 2.57. The molecule has 1 aromatic rings. The van der Waals surface area contributed by atoms with E-state index in [0.717, 1.165) is 32.4 Å². The molecule has 1 aliphatic carbocycles. The van der Waals surface area contributed by atoms with E-state index in [4.69, 9.17) is 9.52 Å². The van der Waals surface area contributed by atoms with Crippen LogP contribution in [0.5, 0.6) is 0 Å². The second kappa shape index (κ2) is 4.94. The zero-order chi connectivity index (χ0) is 14.2. The first-order chi connectivity index (χ1) is 9.61. The maximum absolute atomic E-state index is 12.1. The number of rotatable bonds is 4. The summed E-state index contributed by atoms with van der Waals surface area (Å²) in [5.74, 6) is -0.566. The molecule has 2 fully saturated rings. The third-order valence-corrected chi connectivity index (χ3v) is 4.41. The fraction of sp³-hybridized carbons (Fsp3) is 0.571. The first-order valence-electron chi connectivity index (χ1n) is 6.91. The van der Waals surface area contributed by atoms with Crippen LogP contribution in [0.15, 0.2) is 16.5 Å². The van der Waals surface area contributed by atoms with Crippen molar-refractivity contribution in [1.82, 2.24) is 10.6 Å². The number of carbonyl (C=O) groups excluding carboxylic acids is 1. The molecule has 2 heterocycles. The van der Waals surface area contributed by atoms with E-state index < -0.39 is 5.97 Å². The van der Waals surface area contributed by atoms with Gasteiger partial charge in [0.1, 0.15) is 5.76 Å². The van der Waals surface area contributed by atoms with Gasteiger partial charge in [0.15, 0.2) is 0 Å². The molecule has 1 aromatic heterocycles. The maximum Gasteiger partial charge on any atom is 0.371 e. The molecule has 0 bridgehead atoms. The van der Waals surface area contributed by atoms with E-state index in [-0.39, 0.29) is 29.5 Å². The quantitative estimate of drug-likeness (QED) is 0.763. The first-order valence-corrected chi connectivity index (χ1v) is 6.91. The van der Waals surface area contributed by atoms with Crippen LogP contribution in [0.4, 0.5) is 0 Å². The highest BCUT2D eigenvalue weighted by atomic mass is 16.4. The van der Waals surface area contributed by atoms with Gasteiger partial charge in [-0.2, -0.15) is 0 Å². The summed E-state index contributed by atoms with van der Waals surface area (Å²) in [6.07, 6.45) is 3.10. The molecule has 1 aliphatic heterocycles. The van der Waals surface area contributed by atoms with E-state index in [9.17, 15) is 9.59 Å². The number of carboxylic acids is 1. The number of carbonyl (C=O) groups is 2. The van der Waals surface area contributed by atoms with Crippen LogP contribution in [0, 0.1) is 11.3 Å². The lowest BCUT2D eigenvalue weighted by Crippen LogP contribution is -2.33. The van der Waals surface area contributed by atoms with E-state index in [1.54, 1.807) is 6.07 Å². The summed E-state index contributed by atoms with van der Waals surface area (Å²) in [4.78, 5) is 22.8. The molecule has 6 nitrogen and oxygen atoms in total. The van der Waals surface area contributed by atoms with Crippen molar-refractivity contribution >= 4 is 11.9 Å². The van der Waals surface area contributed by atoms with Gasteiger partial charge in [0.25, 0.3) is 0 Å². The van der Waals surface area contributed by atoms with Crippen molar-refractivity contribution < 1.29 is 19.1 Å². The Morgan fingerprint density at radius 3 is 2.80 bits per heavy atom. The molecule has 3 N–H and O–H groups in total. The summed E-state index contributed by atoms with van der Waals surface area (Å²) < 4.78 is 5.11. The Labute approximate surface area is 116 Å². The van der Waals surface area contributed by atoms with E-state index in [2.05, 4.69) is 10.6 Å². The molecule has 1 saturated heterocycles. The van der Waals surface area contributed by atoms with Gasteiger partial charge in [-0.1, -0.05) is 0 Å². The smallest absolute Gasteiger partial charge is 0.371 e. The van der Waals surface area contributed by atoms with Crippen LogP contribution in [-0.4, -0.2) is 30.1 Å². The molecule has 3 rings (SSSR count). The summed E-state index contributed by atoms with van der Waals surface area (Å²) in [6.45, 7) is 2.23. The maximum atomic E-state index is 12.1. The minimum absolute atomic E-state index is 0.0557. The van der Waals surface area contributed by atoms with E-state index in [0.29, 0.717) is 5.76 Å². The second-order valence-electron chi connectivity index (χ2n) is 5.66. The average Bonchev–Trinajstić information content (AvgIpc) is 2.92. The highest BCUT2D eigenvalue weighted by Crippen LogP contribution is 2.58. The zero-order valence-electron chi connectivity index (χ0n) is 11.1. The lowest BCUT2D eigenvalue weighted by atomic mass is 9.92. The van der Waals surface area contributed by atoms with E-state index in [1.165, 1.54) is 6.07 Å². The van der Waals surface area contributed by atoms with Gasteiger partial charge in [0, 0.05) is 5.92 Å². The summed E-state index contributed by atoms with van der Waals surface area (Å²) in [6, 6.07) is 2.98. The normalized spacial score (nSPS) is 23.5. The van der Waals surface area contributed by atoms with Gasteiger partial charge < -0.3 is 20.2 Å². The lowest BCUT2D eigenvalue weighted by molar-refractivity contribution is -0.123. The monoisotopic (exact) mass is 278 g/mol. The van der Waals surface area contributed by atoms with Crippen molar-refractivity contribution in [2.24, 2.45) is 11.3 Å². The van der Waals surface area contributed by atoms with Crippen molar-refractivity contribution in [2.75, 3.05) is 13.1 Å². The zero-order valence-corrected chi connectivity index (χ0v) is 11.1. The number of aromatic carboxylic acids is 1. The second-order valence-corrected chi connectivity index (χ2v) is 5.66. The van der Waals surface area contributed by atoms with Gasteiger partial charge in [-0.05, 0) is 49.9 Å². The number of hydrogen-bond acceptors (Lipinski definition) is 4. The predicted octanol–water partition coefficient (Wildman–Crippen LogP) is 0.984. The first kappa shape index (κ1) is 13.2. The van der Waals surface area contributed by atoms with Gasteiger partial charge in [0.2, 0.25) is 11.7 Å². The van der Waals surface area contributed by atoms with Gasteiger partial charge in [-0.3, -0.25) is 4.79 Å². The number of carboxylic acid groups (broad SMARTS) is 1. The molecule has 20 heavy (non-hydrogen) atoms. The molecule has 6 heteroatoms. The molecule has 0 aromatic carbocycles. The highest BCUT2D eigenvalue weighted by molar-refractivity contribution is 5.84. The van der Waals surface area contributed by atoms with E-state index in [1.807, 2.05) is 0 Å². The standard InChI is InChI=1S/C14H18N2O4/c17-12(10-7-14(10)3-5-15-6-4-14)16-8-9-1-2-11(20-9)13(18)19/h1-2,10,15H,3-8H2,(H,16,17)(H,18,19). The third-order valence-electron chi connectivity index (χ3n) is 4.41. The van der Waals surface area contributed by atoms with Crippen molar-refractivity contribution in [3.8, 4) is 0 Å². The molecular formula is C14H18N2O4. The molecule has 1 saturated carbocycles. The molecule has 0 radical (unpaired) electrons. The fourth-order valence-electron chi connectivity index (χ4n) is 3.08. The largest absolute Gasteiger partial charge is 0.475 e. The van der Waals surface area contributed by atoms with Gasteiger partial charge >= 0.3 is 5.97 Å². The van der Waals surface area contributed by atoms with Crippen LogP contribution in [0.3, 0.4) is 0 Å². The summed E-state index contributed by atoms with van der Waals surface area (Å²) in [7, 11) is 0. The van der Waals surface area contributed by atoms with Crippen LogP contribution in [0.25, 0.3) is 0 Å². The van der Waals surface area contributed by atoms with Crippen molar-refractivity contribution in [2.45, 2.75) is 25.8 Å². The Hall–Kier alpha value is -1.82. The molecule has 2 aliphatic rings. The van der Waals surface area contributed by atoms with Crippen LogP contribution in [0.1, 0.15) is 35.6 Å². The number of nitrogens with one attached hydrogen (secondary N) is 2. The molecule has 1 unspecified atom stereocenters. The van der Waals surface area contributed by atoms with Crippen molar-refractivity contribution in [1.29, 1.82) is 0 Å². The Morgan fingerprint density at radius 2 is 2.15 bits per heavy atom. The fourth-order valence-corrected chi connectivity index (χ4v) is 3.08. The molecule has 1 spiro atoms. The lowest BCUT2D eigenvalue weighted by Gasteiger charge is -2.23. The predicted molar refractivity (Wildman–Crippen MR) is 70.2 cm³/mol.